The summed E-state index contributed by atoms with van der Waals surface area (Å²) in [4.78, 5) is 0. The highest BCUT2D eigenvalue weighted by molar-refractivity contribution is 5.37. The number of hydrogen-bond donors (Lipinski definition) is 1. The zero-order chi connectivity index (χ0) is 22.2. The summed E-state index contributed by atoms with van der Waals surface area (Å²) in [6, 6.07) is 26.4. The quantitative estimate of drug-likeness (QED) is 0.463. The molecular weight excluding hydrogens is 382 g/mol. The van der Waals surface area contributed by atoms with Gasteiger partial charge in [0.05, 0.1) is 19.8 Å². The third-order valence-electron chi connectivity index (χ3n) is 5.75. The van der Waals surface area contributed by atoms with Gasteiger partial charge in [-0.25, -0.2) is 0 Å². The molecule has 0 aliphatic heterocycles. The Balaban J connectivity index is 1.70. The molecule has 0 saturated carbocycles. The Morgan fingerprint density at radius 3 is 1.77 bits per heavy atom. The van der Waals surface area contributed by atoms with Crippen LogP contribution < -0.4 is 14.8 Å². The topological polar surface area (TPSA) is 35.1 Å². The summed E-state index contributed by atoms with van der Waals surface area (Å²) >= 11 is 0. The molecule has 0 saturated heterocycles. The Labute approximate surface area is 187 Å². The fraction of sp³-hybridized carbons (Fsp3) is 0.357. The van der Waals surface area contributed by atoms with Crippen LogP contribution in [0, 0.1) is 6.92 Å². The lowest BCUT2D eigenvalue weighted by molar-refractivity contribution is -0.693. The lowest BCUT2D eigenvalue weighted by Crippen LogP contribution is -2.84. The van der Waals surface area contributed by atoms with Crippen LogP contribution in [0.4, 0.5) is 0 Å². The van der Waals surface area contributed by atoms with E-state index in [4.69, 9.17) is 9.47 Å². The maximum atomic E-state index is 5.83. The van der Waals surface area contributed by atoms with E-state index in [0.29, 0.717) is 12.0 Å². The fourth-order valence-electron chi connectivity index (χ4n) is 3.93. The lowest BCUT2D eigenvalue weighted by Gasteiger charge is -2.20. The number of nitrogens with two attached hydrogens (primary N) is 1. The van der Waals surface area contributed by atoms with E-state index in [-0.39, 0.29) is 6.10 Å². The summed E-state index contributed by atoms with van der Waals surface area (Å²) in [5.41, 5.74) is 5.32. The number of quaternary nitrogens is 1. The van der Waals surface area contributed by atoms with E-state index in [0.717, 1.165) is 24.5 Å². The first-order valence-electron chi connectivity index (χ1n) is 11.3. The van der Waals surface area contributed by atoms with Crippen LogP contribution in [0.3, 0.4) is 0 Å². The Hall–Kier alpha value is -2.78. The van der Waals surface area contributed by atoms with E-state index < -0.39 is 0 Å². The predicted octanol–water partition coefficient (Wildman–Crippen LogP) is 5.64. The van der Waals surface area contributed by atoms with Crippen molar-refractivity contribution in [1.29, 1.82) is 0 Å². The molecule has 0 amide bonds. The van der Waals surface area contributed by atoms with Crippen molar-refractivity contribution in [3.63, 3.8) is 0 Å². The van der Waals surface area contributed by atoms with Crippen molar-refractivity contribution in [3.8, 4) is 11.5 Å². The molecule has 0 unspecified atom stereocenters. The second-order valence-corrected chi connectivity index (χ2v) is 8.57. The van der Waals surface area contributed by atoms with Crippen LogP contribution in [-0.4, -0.2) is 19.8 Å². The first-order chi connectivity index (χ1) is 15.0. The van der Waals surface area contributed by atoms with Gasteiger partial charge in [0.2, 0.25) is 0 Å². The van der Waals surface area contributed by atoms with E-state index in [1.54, 1.807) is 7.11 Å². The molecule has 3 aromatic carbocycles. The summed E-state index contributed by atoms with van der Waals surface area (Å²) in [7, 11) is 1.71. The fourth-order valence-corrected chi connectivity index (χ4v) is 3.93. The number of hydrogen-bond acceptors (Lipinski definition) is 2. The maximum Gasteiger partial charge on any atom is 0.119 e. The van der Waals surface area contributed by atoms with Crippen molar-refractivity contribution in [2.24, 2.45) is 0 Å². The van der Waals surface area contributed by atoms with Gasteiger partial charge < -0.3 is 14.8 Å². The molecule has 0 aromatic heterocycles. The second kappa shape index (κ2) is 11.0. The van der Waals surface area contributed by atoms with E-state index in [9.17, 15) is 0 Å². The van der Waals surface area contributed by atoms with Crippen molar-refractivity contribution in [3.05, 3.63) is 95.1 Å². The van der Waals surface area contributed by atoms with Crippen LogP contribution in [-0.2, 0) is 0 Å². The number of benzene rings is 3. The molecule has 0 fully saturated rings. The van der Waals surface area contributed by atoms with Crippen LogP contribution in [0.2, 0.25) is 0 Å². The van der Waals surface area contributed by atoms with Gasteiger partial charge in [0.25, 0.3) is 0 Å². The van der Waals surface area contributed by atoms with Gasteiger partial charge in [-0.2, -0.15) is 0 Å². The van der Waals surface area contributed by atoms with Crippen LogP contribution in [0.1, 0.15) is 61.4 Å². The summed E-state index contributed by atoms with van der Waals surface area (Å²) in [5, 5.41) is 2.43. The first-order valence-corrected chi connectivity index (χ1v) is 11.3. The highest BCUT2D eigenvalue weighted by Crippen LogP contribution is 2.29. The zero-order valence-electron chi connectivity index (χ0n) is 19.5. The standard InChI is InChI=1S/C28H35NO2/c1-20(2)31-27-16-12-25(13-17-27)28(24-8-6-21(3)7-9-24)18-19-29-22(4)23-10-14-26(30-5)15-11-23/h6-17,20,22,28-29H,18-19H2,1-5H3/p+1/t22-,28-/m0/s1. The largest absolute Gasteiger partial charge is 0.497 e. The monoisotopic (exact) mass is 418 g/mol. The molecule has 0 bridgehead atoms. The molecule has 164 valence electrons. The number of rotatable bonds is 10. The van der Waals surface area contributed by atoms with Gasteiger partial charge >= 0.3 is 0 Å². The Morgan fingerprint density at radius 2 is 1.23 bits per heavy atom. The molecule has 0 spiro atoms. The molecular formula is C28H36NO2+. The van der Waals surface area contributed by atoms with Crippen molar-refractivity contribution in [1.82, 2.24) is 0 Å². The smallest absolute Gasteiger partial charge is 0.119 e. The number of methoxy groups -OCH3 is 1. The lowest BCUT2D eigenvalue weighted by atomic mass is 9.88. The molecule has 3 aromatic rings. The van der Waals surface area contributed by atoms with Crippen molar-refractivity contribution in [2.45, 2.75) is 52.2 Å². The zero-order valence-corrected chi connectivity index (χ0v) is 19.5. The van der Waals surface area contributed by atoms with Crippen LogP contribution in [0.15, 0.2) is 72.8 Å². The Kier molecular flexibility index (Phi) is 8.13. The van der Waals surface area contributed by atoms with Crippen LogP contribution in [0.25, 0.3) is 0 Å². The van der Waals surface area contributed by atoms with E-state index in [2.05, 4.69) is 93.7 Å². The van der Waals surface area contributed by atoms with Gasteiger partial charge in [-0.3, -0.25) is 0 Å². The SMILES string of the molecule is COc1ccc([C@H](C)[NH2+]CC[C@@H](c2ccc(C)cc2)c2ccc(OC(C)C)cc2)cc1. The van der Waals surface area contributed by atoms with Gasteiger partial charge in [0.1, 0.15) is 17.5 Å². The second-order valence-electron chi connectivity index (χ2n) is 8.57. The van der Waals surface area contributed by atoms with Gasteiger partial charge in [0.15, 0.2) is 0 Å². The molecule has 0 heterocycles. The predicted molar refractivity (Wildman–Crippen MR) is 128 cm³/mol. The minimum Gasteiger partial charge on any atom is -0.497 e. The Bertz CT molecular complexity index is 915. The molecule has 2 N–H and O–H groups in total. The van der Waals surface area contributed by atoms with Crippen molar-refractivity contribution >= 4 is 0 Å². The summed E-state index contributed by atoms with van der Waals surface area (Å²) < 4.78 is 11.1. The third kappa shape index (κ3) is 6.60. The molecule has 2 atom stereocenters. The molecule has 3 rings (SSSR count). The number of ether oxygens (including phenoxy) is 2. The van der Waals surface area contributed by atoms with Crippen molar-refractivity contribution < 1.29 is 14.8 Å². The molecule has 0 aliphatic rings. The minimum absolute atomic E-state index is 0.188. The van der Waals surface area contributed by atoms with Gasteiger partial charge in [-0.1, -0.05) is 42.0 Å². The Morgan fingerprint density at radius 1 is 0.710 bits per heavy atom. The van der Waals surface area contributed by atoms with Crippen LogP contribution >= 0.6 is 0 Å². The van der Waals surface area contributed by atoms with Gasteiger partial charge in [0, 0.05) is 17.9 Å². The number of aryl methyl sites for hydroxylation is 1. The van der Waals surface area contributed by atoms with Gasteiger partial charge in [-0.05, 0) is 75.2 Å². The molecule has 3 heteroatoms. The first kappa shape index (κ1) is 22.9. The molecule has 0 aliphatic carbocycles. The summed E-state index contributed by atoms with van der Waals surface area (Å²) in [6.45, 7) is 9.57. The minimum atomic E-state index is 0.188. The highest BCUT2D eigenvalue weighted by atomic mass is 16.5. The van der Waals surface area contributed by atoms with Crippen LogP contribution in [0.5, 0.6) is 11.5 Å². The van der Waals surface area contributed by atoms with E-state index >= 15 is 0 Å². The van der Waals surface area contributed by atoms with Gasteiger partial charge in [-0.15, -0.1) is 0 Å². The van der Waals surface area contributed by atoms with Crippen molar-refractivity contribution in [2.75, 3.05) is 13.7 Å². The summed E-state index contributed by atoms with van der Waals surface area (Å²) in [5.74, 6) is 2.20. The molecule has 31 heavy (non-hydrogen) atoms. The molecule has 3 nitrogen and oxygen atoms in total. The summed E-state index contributed by atoms with van der Waals surface area (Å²) in [6.07, 6.45) is 1.27. The average Bonchev–Trinajstić information content (AvgIpc) is 2.78. The maximum absolute atomic E-state index is 5.83. The normalized spacial score (nSPS) is 13.1. The molecule has 0 radical (unpaired) electrons. The van der Waals surface area contributed by atoms with E-state index in [1.807, 2.05) is 12.1 Å². The average molecular weight is 419 g/mol. The van der Waals surface area contributed by atoms with E-state index in [1.165, 1.54) is 22.3 Å². The third-order valence-corrected chi connectivity index (χ3v) is 5.75. The highest BCUT2D eigenvalue weighted by Gasteiger charge is 2.17.